The quantitative estimate of drug-likeness (QED) is 0.779. The first-order chi connectivity index (χ1) is 11.8. The first kappa shape index (κ1) is 15.3. The second-order valence-electron chi connectivity index (χ2n) is 5.84. The molecule has 5 nitrogen and oxygen atoms in total. The smallest absolute Gasteiger partial charge is 0.156 e. The maximum Gasteiger partial charge on any atom is 0.156 e. The Labute approximate surface area is 145 Å². The van der Waals surface area contributed by atoms with Crippen molar-refractivity contribution in [3.05, 3.63) is 47.7 Å². The van der Waals surface area contributed by atoms with Crippen molar-refractivity contribution in [3.63, 3.8) is 0 Å². The van der Waals surface area contributed by atoms with E-state index in [-0.39, 0.29) is 6.10 Å². The molecule has 1 aromatic carbocycles. The number of benzene rings is 1. The highest BCUT2D eigenvalue weighted by Crippen LogP contribution is 2.29. The number of rotatable bonds is 4. The van der Waals surface area contributed by atoms with E-state index < -0.39 is 0 Å². The van der Waals surface area contributed by atoms with Crippen LogP contribution in [0, 0.1) is 0 Å². The van der Waals surface area contributed by atoms with Crippen LogP contribution in [-0.4, -0.2) is 34.4 Å². The molecule has 3 heterocycles. The molecular weight excluding hydrogens is 324 g/mol. The van der Waals surface area contributed by atoms with E-state index in [1.807, 2.05) is 36.5 Å². The van der Waals surface area contributed by atoms with Crippen LogP contribution in [-0.2, 0) is 4.74 Å². The molecule has 0 bridgehead atoms. The zero-order chi connectivity index (χ0) is 16.4. The molecule has 1 aliphatic heterocycles. The van der Waals surface area contributed by atoms with Crippen LogP contribution in [0.2, 0.25) is 5.02 Å². The maximum atomic E-state index is 5.98. The summed E-state index contributed by atoms with van der Waals surface area (Å²) in [4.78, 5) is 4.25. The van der Waals surface area contributed by atoms with Crippen LogP contribution >= 0.6 is 11.6 Å². The number of halogens is 1. The number of fused-ring (bicyclic) bond motifs is 1. The van der Waals surface area contributed by atoms with Crippen molar-refractivity contribution in [1.29, 1.82) is 0 Å². The van der Waals surface area contributed by atoms with Gasteiger partial charge >= 0.3 is 0 Å². The van der Waals surface area contributed by atoms with Crippen LogP contribution < -0.4 is 5.32 Å². The lowest BCUT2D eigenvalue weighted by atomic mass is 10.1. The SMILES string of the molecule is Clc1ccc(-c2nnc(NC[C@H]3CCCO3)c3ccncc23)cc1. The van der Waals surface area contributed by atoms with Gasteiger partial charge in [0.1, 0.15) is 5.69 Å². The van der Waals surface area contributed by atoms with Gasteiger partial charge in [-0.05, 0) is 31.0 Å². The lowest BCUT2D eigenvalue weighted by Gasteiger charge is -2.13. The number of hydrogen-bond donors (Lipinski definition) is 1. The van der Waals surface area contributed by atoms with Gasteiger partial charge in [-0.1, -0.05) is 23.7 Å². The largest absolute Gasteiger partial charge is 0.376 e. The van der Waals surface area contributed by atoms with E-state index in [0.717, 1.165) is 53.8 Å². The molecule has 2 aromatic heterocycles. The molecule has 1 atom stereocenters. The second-order valence-corrected chi connectivity index (χ2v) is 6.28. The Hall–Kier alpha value is -2.24. The number of nitrogens with one attached hydrogen (secondary N) is 1. The fourth-order valence-corrected chi connectivity index (χ4v) is 3.09. The zero-order valence-corrected chi connectivity index (χ0v) is 13.8. The third-order valence-corrected chi connectivity index (χ3v) is 4.47. The summed E-state index contributed by atoms with van der Waals surface area (Å²) in [6.07, 6.45) is 6.05. The predicted molar refractivity (Wildman–Crippen MR) is 95.2 cm³/mol. The molecule has 0 saturated carbocycles. The van der Waals surface area contributed by atoms with Crippen molar-refractivity contribution < 1.29 is 4.74 Å². The van der Waals surface area contributed by atoms with E-state index in [9.17, 15) is 0 Å². The molecule has 122 valence electrons. The summed E-state index contributed by atoms with van der Waals surface area (Å²) >= 11 is 5.98. The molecule has 1 N–H and O–H groups in total. The topological polar surface area (TPSA) is 59.9 Å². The van der Waals surface area contributed by atoms with E-state index in [1.54, 1.807) is 6.20 Å². The van der Waals surface area contributed by atoms with E-state index in [2.05, 4.69) is 20.5 Å². The van der Waals surface area contributed by atoms with Crippen molar-refractivity contribution in [3.8, 4) is 11.3 Å². The minimum Gasteiger partial charge on any atom is -0.376 e. The first-order valence-electron chi connectivity index (χ1n) is 8.03. The predicted octanol–water partition coefficient (Wildman–Crippen LogP) is 3.94. The van der Waals surface area contributed by atoms with Crippen LogP contribution in [0.5, 0.6) is 0 Å². The van der Waals surface area contributed by atoms with E-state index in [1.165, 1.54) is 0 Å². The van der Waals surface area contributed by atoms with Crippen LogP contribution in [0.1, 0.15) is 12.8 Å². The van der Waals surface area contributed by atoms with Crippen molar-refractivity contribution >= 4 is 28.2 Å². The molecule has 4 rings (SSSR count). The normalized spacial score (nSPS) is 17.3. The fourth-order valence-electron chi connectivity index (χ4n) is 2.96. The van der Waals surface area contributed by atoms with E-state index in [4.69, 9.17) is 16.3 Å². The van der Waals surface area contributed by atoms with Gasteiger partial charge in [0.05, 0.1) is 6.10 Å². The molecule has 1 saturated heterocycles. The standard InChI is InChI=1S/C18H17ClN4O/c19-13-5-3-12(4-6-13)17-16-11-20-8-7-15(16)18(23-22-17)21-10-14-2-1-9-24-14/h3-8,11,14H,1-2,9-10H2,(H,21,23)/t14-/m1/s1. The fraction of sp³-hybridized carbons (Fsp3) is 0.278. The summed E-state index contributed by atoms with van der Waals surface area (Å²) in [5, 5.41) is 14.8. The van der Waals surface area contributed by atoms with Crippen molar-refractivity contribution in [1.82, 2.24) is 15.2 Å². The molecule has 0 aliphatic carbocycles. The molecule has 1 aliphatic rings. The van der Waals surface area contributed by atoms with Crippen molar-refractivity contribution in [2.45, 2.75) is 18.9 Å². The summed E-state index contributed by atoms with van der Waals surface area (Å²) < 4.78 is 5.66. The van der Waals surface area contributed by atoms with E-state index >= 15 is 0 Å². The van der Waals surface area contributed by atoms with Gasteiger partial charge in [0, 0.05) is 46.9 Å². The number of pyridine rings is 1. The lowest BCUT2D eigenvalue weighted by Crippen LogP contribution is -2.19. The second kappa shape index (κ2) is 6.71. The molecular formula is C18H17ClN4O. The third kappa shape index (κ3) is 3.05. The molecule has 0 amide bonds. The zero-order valence-electron chi connectivity index (χ0n) is 13.1. The molecule has 0 spiro atoms. The average molecular weight is 341 g/mol. The van der Waals surface area contributed by atoms with Crippen LogP contribution in [0.25, 0.3) is 22.0 Å². The van der Waals surface area contributed by atoms with Gasteiger partial charge < -0.3 is 10.1 Å². The molecule has 1 fully saturated rings. The first-order valence-corrected chi connectivity index (χ1v) is 8.41. The summed E-state index contributed by atoms with van der Waals surface area (Å²) in [6.45, 7) is 1.59. The molecule has 3 aromatic rings. The van der Waals surface area contributed by atoms with Gasteiger partial charge in [0.2, 0.25) is 0 Å². The Balaban J connectivity index is 1.70. The summed E-state index contributed by atoms with van der Waals surface area (Å²) in [5.41, 5.74) is 1.77. The number of anilines is 1. The van der Waals surface area contributed by atoms with Gasteiger partial charge in [-0.15, -0.1) is 10.2 Å². The van der Waals surface area contributed by atoms with Crippen LogP contribution in [0.3, 0.4) is 0 Å². The van der Waals surface area contributed by atoms with E-state index in [0.29, 0.717) is 5.02 Å². The number of aromatic nitrogens is 3. The van der Waals surface area contributed by atoms with Crippen LogP contribution in [0.4, 0.5) is 5.82 Å². The third-order valence-electron chi connectivity index (χ3n) is 4.22. The van der Waals surface area contributed by atoms with Crippen molar-refractivity contribution in [2.24, 2.45) is 0 Å². The highest BCUT2D eigenvalue weighted by molar-refractivity contribution is 6.30. The summed E-state index contributed by atoms with van der Waals surface area (Å²) in [6, 6.07) is 9.55. The summed E-state index contributed by atoms with van der Waals surface area (Å²) in [5.74, 6) is 0.764. The number of ether oxygens (including phenoxy) is 1. The van der Waals surface area contributed by atoms with Gasteiger partial charge in [0.15, 0.2) is 5.82 Å². The summed E-state index contributed by atoms with van der Waals surface area (Å²) in [7, 11) is 0. The maximum absolute atomic E-state index is 5.98. The number of nitrogens with zero attached hydrogens (tertiary/aromatic N) is 3. The Kier molecular flexibility index (Phi) is 4.28. The van der Waals surface area contributed by atoms with Gasteiger partial charge in [-0.25, -0.2) is 0 Å². The Morgan fingerprint density at radius 2 is 2.00 bits per heavy atom. The molecule has 0 unspecified atom stereocenters. The Morgan fingerprint density at radius 3 is 2.79 bits per heavy atom. The molecule has 24 heavy (non-hydrogen) atoms. The highest BCUT2D eigenvalue weighted by atomic mass is 35.5. The minimum absolute atomic E-state index is 0.250. The van der Waals surface area contributed by atoms with Gasteiger partial charge in [0.25, 0.3) is 0 Å². The average Bonchev–Trinajstić information content (AvgIpc) is 3.14. The Bertz CT molecular complexity index is 847. The van der Waals surface area contributed by atoms with Crippen molar-refractivity contribution in [2.75, 3.05) is 18.5 Å². The number of hydrogen-bond acceptors (Lipinski definition) is 5. The highest BCUT2D eigenvalue weighted by Gasteiger charge is 2.17. The monoisotopic (exact) mass is 340 g/mol. The minimum atomic E-state index is 0.250. The molecule has 6 heteroatoms. The lowest BCUT2D eigenvalue weighted by molar-refractivity contribution is 0.120. The van der Waals surface area contributed by atoms with Gasteiger partial charge in [-0.2, -0.15) is 0 Å². The Morgan fingerprint density at radius 1 is 1.12 bits per heavy atom. The van der Waals surface area contributed by atoms with Gasteiger partial charge in [-0.3, -0.25) is 4.98 Å². The molecule has 0 radical (unpaired) electrons. The van der Waals surface area contributed by atoms with Crippen LogP contribution in [0.15, 0.2) is 42.7 Å².